The summed E-state index contributed by atoms with van der Waals surface area (Å²) in [5.41, 5.74) is -0.0647. The van der Waals surface area contributed by atoms with Crippen LogP contribution in [0, 0.1) is 11.3 Å². The lowest BCUT2D eigenvalue weighted by molar-refractivity contribution is -0.0123. The summed E-state index contributed by atoms with van der Waals surface area (Å²) >= 11 is 2.35. The first-order valence-corrected chi connectivity index (χ1v) is 8.75. The third-order valence-electron chi connectivity index (χ3n) is 4.44. The van der Waals surface area contributed by atoms with Crippen LogP contribution in [0.5, 0.6) is 0 Å². The fourth-order valence-electron chi connectivity index (χ4n) is 3.17. The van der Waals surface area contributed by atoms with Crippen molar-refractivity contribution >= 4 is 28.5 Å². The Bertz CT molecular complexity index is 257. The minimum absolute atomic E-state index is 0.0647. The second-order valence-electron chi connectivity index (χ2n) is 5.48. The van der Waals surface area contributed by atoms with Crippen molar-refractivity contribution in [3.05, 3.63) is 0 Å². The minimum Gasteiger partial charge on any atom is -0.473 e. The lowest BCUT2D eigenvalue weighted by Gasteiger charge is -2.39. The second-order valence-corrected chi connectivity index (χ2v) is 6.98. The Morgan fingerprint density at radius 3 is 2.28 bits per heavy atom. The van der Waals surface area contributed by atoms with Crippen LogP contribution in [-0.4, -0.2) is 15.4 Å². The molecule has 1 atom stereocenters. The van der Waals surface area contributed by atoms with Gasteiger partial charge in [-0.15, -0.1) is 0 Å². The van der Waals surface area contributed by atoms with Gasteiger partial charge in [0.05, 0.1) is 3.92 Å². The molecule has 1 aliphatic carbocycles. The van der Waals surface area contributed by atoms with Crippen molar-refractivity contribution in [1.82, 2.24) is 0 Å². The molecular formula is C15H28INO. The zero-order chi connectivity index (χ0) is 13.6. The summed E-state index contributed by atoms with van der Waals surface area (Å²) < 4.78 is 6.45. The monoisotopic (exact) mass is 365 g/mol. The van der Waals surface area contributed by atoms with E-state index < -0.39 is 0 Å². The van der Waals surface area contributed by atoms with Crippen LogP contribution in [0.3, 0.4) is 0 Å². The Kier molecular flexibility index (Phi) is 6.96. The topological polar surface area (TPSA) is 33.1 Å². The van der Waals surface area contributed by atoms with Gasteiger partial charge in [-0.3, -0.25) is 5.41 Å². The highest BCUT2D eigenvalue weighted by atomic mass is 127. The van der Waals surface area contributed by atoms with E-state index in [1.807, 2.05) is 0 Å². The van der Waals surface area contributed by atoms with Gasteiger partial charge in [0.15, 0.2) is 5.90 Å². The van der Waals surface area contributed by atoms with Crippen LogP contribution in [0.4, 0.5) is 0 Å². The molecule has 106 valence electrons. The molecule has 2 nitrogen and oxygen atoms in total. The number of ether oxygens (including phenoxy) is 1. The van der Waals surface area contributed by atoms with Gasteiger partial charge in [-0.2, -0.15) is 0 Å². The molecule has 1 aliphatic rings. The van der Waals surface area contributed by atoms with Gasteiger partial charge in [0.25, 0.3) is 0 Å². The Morgan fingerprint density at radius 2 is 1.83 bits per heavy atom. The van der Waals surface area contributed by atoms with Crippen LogP contribution < -0.4 is 0 Å². The van der Waals surface area contributed by atoms with Crippen LogP contribution >= 0.6 is 22.6 Å². The maximum atomic E-state index is 8.19. The van der Waals surface area contributed by atoms with Crippen molar-refractivity contribution in [2.24, 2.45) is 5.92 Å². The second kappa shape index (κ2) is 7.71. The number of rotatable bonds is 7. The lowest BCUT2D eigenvalue weighted by Crippen LogP contribution is -2.42. The molecule has 1 fully saturated rings. The van der Waals surface area contributed by atoms with Gasteiger partial charge in [0, 0.05) is 0 Å². The van der Waals surface area contributed by atoms with E-state index in [4.69, 9.17) is 10.1 Å². The predicted octanol–water partition coefficient (Wildman–Crippen LogP) is 5.33. The average molecular weight is 365 g/mol. The van der Waals surface area contributed by atoms with Crippen molar-refractivity contribution in [3.8, 4) is 0 Å². The van der Waals surface area contributed by atoms with Crippen LogP contribution in [0.15, 0.2) is 0 Å². The van der Waals surface area contributed by atoms with Gasteiger partial charge in [0.1, 0.15) is 5.60 Å². The van der Waals surface area contributed by atoms with Crippen molar-refractivity contribution in [2.45, 2.75) is 81.7 Å². The smallest absolute Gasteiger partial charge is 0.194 e. The molecule has 0 spiro atoms. The number of hydrogen-bond donors (Lipinski definition) is 1. The largest absolute Gasteiger partial charge is 0.473 e. The minimum atomic E-state index is -0.0647. The van der Waals surface area contributed by atoms with Crippen LogP contribution in [0.25, 0.3) is 0 Å². The molecule has 1 N–H and O–H groups in total. The Balaban J connectivity index is 2.69. The lowest BCUT2D eigenvalue weighted by atomic mass is 9.81. The molecule has 0 saturated heterocycles. The first-order chi connectivity index (χ1) is 8.59. The number of alkyl halides is 1. The molecule has 0 aliphatic heterocycles. The first-order valence-electron chi connectivity index (χ1n) is 7.51. The van der Waals surface area contributed by atoms with E-state index in [2.05, 4.69) is 43.4 Å². The van der Waals surface area contributed by atoms with E-state index >= 15 is 0 Å². The van der Waals surface area contributed by atoms with Gasteiger partial charge >= 0.3 is 0 Å². The molecule has 3 heteroatoms. The average Bonchev–Trinajstić information content (AvgIpc) is 2.90. The van der Waals surface area contributed by atoms with Gasteiger partial charge in [-0.05, 0) is 38.0 Å². The van der Waals surface area contributed by atoms with E-state index in [1.54, 1.807) is 0 Å². The fourth-order valence-corrected chi connectivity index (χ4v) is 3.92. The Morgan fingerprint density at radius 1 is 1.28 bits per heavy atom. The van der Waals surface area contributed by atoms with E-state index in [0.29, 0.717) is 11.8 Å². The summed E-state index contributed by atoms with van der Waals surface area (Å²) in [5, 5.41) is 8.19. The molecule has 0 aromatic heterocycles. The number of hydrogen-bond acceptors (Lipinski definition) is 2. The third kappa shape index (κ3) is 3.84. The Labute approximate surface area is 126 Å². The Hall–Kier alpha value is 0.200. The molecule has 0 aromatic rings. The van der Waals surface area contributed by atoms with Crippen molar-refractivity contribution in [2.75, 3.05) is 0 Å². The van der Waals surface area contributed by atoms with Crippen LogP contribution in [0.1, 0.15) is 72.1 Å². The molecular weight excluding hydrogens is 337 g/mol. The molecule has 0 bridgehead atoms. The summed E-state index contributed by atoms with van der Waals surface area (Å²) in [6, 6.07) is 0. The maximum absolute atomic E-state index is 8.19. The van der Waals surface area contributed by atoms with Gasteiger partial charge in [-0.25, -0.2) is 0 Å². The molecule has 1 saturated carbocycles. The highest BCUT2D eigenvalue weighted by Gasteiger charge is 2.40. The van der Waals surface area contributed by atoms with Crippen LogP contribution in [-0.2, 0) is 4.74 Å². The predicted molar refractivity (Wildman–Crippen MR) is 86.8 cm³/mol. The zero-order valence-corrected chi connectivity index (χ0v) is 14.3. The van der Waals surface area contributed by atoms with E-state index in [0.717, 1.165) is 25.7 Å². The normalized spacial score (nSPS) is 18.9. The highest BCUT2D eigenvalue weighted by molar-refractivity contribution is 14.1. The summed E-state index contributed by atoms with van der Waals surface area (Å²) in [6.07, 6.45) is 9.49. The van der Waals surface area contributed by atoms with E-state index in [9.17, 15) is 0 Å². The van der Waals surface area contributed by atoms with Crippen molar-refractivity contribution in [3.63, 3.8) is 0 Å². The molecule has 0 radical (unpaired) electrons. The zero-order valence-electron chi connectivity index (χ0n) is 12.1. The molecule has 0 aromatic carbocycles. The van der Waals surface area contributed by atoms with Crippen molar-refractivity contribution in [1.29, 1.82) is 5.41 Å². The molecule has 1 rings (SSSR count). The van der Waals surface area contributed by atoms with Gasteiger partial charge in [0.2, 0.25) is 0 Å². The molecule has 0 amide bonds. The third-order valence-corrected chi connectivity index (χ3v) is 5.62. The van der Waals surface area contributed by atoms with Crippen LogP contribution in [0.2, 0.25) is 0 Å². The molecule has 1 unspecified atom stereocenters. The molecule has 18 heavy (non-hydrogen) atoms. The quantitative estimate of drug-likeness (QED) is 0.281. The van der Waals surface area contributed by atoms with Gasteiger partial charge in [-0.1, -0.05) is 62.6 Å². The fraction of sp³-hybridized carbons (Fsp3) is 0.933. The van der Waals surface area contributed by atoms with Gasteiger partial charge < -0.3 is 4.74 Å². The SMILES string of the molecule is CCCC(I)C(=N)OC(CC)(CC)C1CCCC1. The highest BCUT2D eigenvalue weighted by Crippen LogP contribution is 2.41. The number of halogens is 1. The van der Waals surface area contributed by atoms with Crippen molar-refractivity contribution < 1.29 is 4.74 Å². The standard InChI is InChI=1S/C15H28INO/c1-4-9-13(16)14(17)18-15(5-2,6-3)12-10-7-8-11-12/h12-13,17H,4-11H2,1-3H3. The summed E-state index contributed by atoms with van der Waals surface area (Å²) in [6.45, 7) is 6.61. The first kappa shape index (κ1) is 16.3. The maximum Gasteiger partial charge on any atom is 0.194 e. The van der Waals surface area contributed by atoms with E-state index in [-0.39, 0.29) is 9.53 Å². The summed E-state index contributed by atoms with van der Waals surface area (Å²) in [5.74, 6) is 1.17. The summed E-state index contributed by atoms with van der Waals surface area (Å²) in [4.78, 5) is 0. The van der Waals surface area contributed by atoms with E-state index in [1.165, 1.54) is 25.7 Å². The molecule has 0 heterocycles. The number of nitrogens with one attached hydrogen (secondary N) is 1. The summed E-state index contributed by atoms with van der Waals surface area (Å²) in [7, 11) is 0.